The average molecular weight is 559 g/mol. The molecule has 9 heteroatoms. The van der Waals surface area contributed by atoms with Crippen LogP contribution >= 0.6 is 0 Å². The zero-order chi connectivity index (χ0) is 29.4. The molecule has 0 atom stereocenters. The van der Waals surface area contributed by atoms with Gasteiger partial charge in [-0.1, -0.05) is 43.7 Å². The molecule has 4 aromatic rings. The van der Waals surface area contributed by atoms with Crippen molar-refractivity contribution in [2.45, 2.75) is 78.4 Å². The molecule has 4 rings (SSSR count). The monoisotopic (exact) mass is 558 g/mol. The predicted octanol–water partition coefficient (Wildman–Crippen LogP) is 5.79. The first kappa shape index (κ1) is 29.8. The highest BCUT2D eigenvalue weighted by atomic mass is 16.6. The summed E-state index contributed by atoms with van der Waals surface area (Å²) >= 11 is 0. The van der Waals surface area contributed by atoms with Crippen LogP contribution < -0.4 is 16.4 Å². The van der Waals surface area contributed by atoms with Gasteiger partial charge >= 0.3 is 6.09 Å². The fourth-order valence-electron chi connectivity index (χ4n) is 4.82. The Balaban J connectivity index is 1.29. The number of amides is 2. The molecule has 2 aromatic heterocycles. The molecule has 2 aromatic carbocycles. The van der Waals surface area contributed by atoms with Crippen LogP contribution in [0.4, 0.5) is 10.6 Å². The molecule has 0 saturated heterocycles. The smallest absolute Gasteiger partial charge is 0.407 e. The molecule has 0 bridgehead atoms. The van der Waals surface area contributed by atoms with Crippen LogP contribution in [0.25, 0.3) is 21.9 Å². The van der Waals surface area contributed by atoms with E-state index < -0.39 is 11.7 Å². The number of anilines is 1. The minimum atomic E-state index is -0.522. The number of carbonyl (C=O) groups is 2. The topological polar surface area (TPSA) is 124 Å². The Morgan fingerprint density at radius 1 is 0.927 bits per heavy atom. The molecule has 0 radical (unpaired) electrons. The van der Waals surface area contributed by atoms with Crippen molar-refractivity contribution in [1.29, 1.82) is 0 Å². The Hall–Kier alpha value is -4.14. The van der Waals surface area contributed by atoms with Crippen molar-refractivity contribution in [3.05, 3.63) is 65.5 Å². The first-order chi connectivity index (χ1) is 19.7. The van der Waals surface area contributed by atoms with Gasteiger partial charge in [-0.25, -0.2) is 14.8 Å². The number of nitrogen functional groups attached to an aromatic ring is 1. The summed E-state index contributed by atoms with van der Waals surface area (Å²) in [6, 6.07) is 15.5. The summed E-state index contributed by atoms with van der Waals surface area (Å²) in [6.45, 7) is 9.52. The molecule has 2 heterocycles. The van der Waals surface area contributed by atoms with Gasteiger partial charge in [0.25, 0.3) is 5.91 Å². The molecule has 218 valence electrons. The number of nitrogens with one attached hydrogen (secondary N) is 2. The Labute approximate surface area is 241 Å². The first-order valence-corrected chi connectivity index (χ1v) is 14.5. The van der Waals surface area contributed by atoms with E-state index in [1.807, 2.05) is 63.2 Å². The number of fused-ring (bicyclic) bond motifs is 3. The van der Waals surface area contributed by atoms with Gasteiger partial charge in [-0.3, -0.25) is 4.79 Å². The van der Waals surface area contributed by atoms with Crippen LogP contribution in [0.15, 0.2) is 48.5 Å². The number of nitrogens with two attached hydrogens (primary N) is 1. The number of rotatable bonds is 12. The van der Waals surface area contributed by atoms with E-state index in [0.29, 0.717) is 30.9 Å². The Morgan fingerprint density at radius 2 is 1.68 bits per heavy atom. The summed E-state index contributed by atoms with van der Waals surface area (Å²) in [6.07, 6.45) is 5.00. The molecular formula is C32H42N6O3. The van der Waals surface area contributed by atoms with E-state index in [4.69, 9.17) is 15.5 Å². The lowest BCUT2D eigenvalue weighted by molar-refractivity contribution is 0.0528. The number of aryl methyl sites for hydroxylation is 2. The lowest BCUT2D eigenvalue weighted by Crippen LogP contribution is -2.33. The van der Waals surface area contributed by atoms with E-state index in [2.05, 4.69) is 33.2 Å². The second-order valence-electron chi connectivity index (χ2n) is 11.3. The van der Waals surface area contributed by atoms with Gasteiger partial charge in [0.1, 0.15) is 16.9 Å². The van der Waals surface area contributed by atoms with Crippen molar-refractivity contribution >= 4 is 39.8 Å². The van der Waals surface area contributed by atoms with Gasteiger partial charge in [0.2, 0.25) is 0 Å². The summed E-state index contributed by atoms with van der Waals surface area (Å²) in [4.78, 5) is 33.9. The number of para-hydroxylation sites is 1. The SMILES string of the molecule is CCCCc1nc2c(N)nc3ccccc3c2n1CCCCNC(=O)c1ccc(CCNC(=O)OC(C)(C)C)cc1. The number of benzene rings is 2. The quantitative estimate of drug-likeness (QED) is 0.189. The number of ether oxygens (including phenoxy) is 1. The van der Waals surface area contributed by atoms with Gasteiger partial charge in [-0.05, 0) is 70.2 Å². The molecule has 0 aliphatic rings. The Bertz CT molecular complexity index is 1490. The van der Waals surface area contributed by atoms with Crippen molar-refractivity contribution in [1.82, 2.24) is 25.2 Å². The van der Waals surface area contributed by atoms with Gasteiger partial charge in [-0.2, -0.15) is 0 Å². The third kappa shape index (κ3) is 7.96. The maximum absolute atomic E-state index is 12.7. The molecule has 2 amide bonds. The van der Waals surface area contributed by atoms with Crippen LogP contribution in [0.5, 0.6) is 0 Å². The van der Waals surface area contributed by atoms with Gasteiger partial charge in [0.05, 0.1) is 11.0 Å². The Kier molecular flexibility index (Phi) is 9.81. The molecular weight excluding hydrogens is 516 g/mol. The van der Waals surface area contributed by atoms with E-state index in [9.17, 15) is 9.59 Å². The predicted molar refractivity (Wildman–Crippen MR) is 164 cm³/mol. The molecule has 0 saturated carbocycles. The molecule has 0 spiro atoms. The molecule has 0 aliphatic carbocycles. The number of hydrogen-bond donors (Lipinski definition) is 3. The largest absolute Gasteiger partial charge is 0.444 e. The lowest BCUT2D eigenvalue weighted by atomic mass is 10.1. The van der Waals surface area contributed by atoms with Gasteiger partial charge < -0.3 is 25.7 Å². The minimum absolute atomic E-state index is 0.0926. The van der Waals surface area contributed by atoms with Crippen LogP contribution in [0.1, 0.15) is 75.1 Å². The highest BCUT2D eigenvalue weighted by Crippen LogP contribution is 2.29. The van der Waals surface area contributed by atoms with Crippen LogP contribution in [0.2, 0.25) is 0 Å². The van der Waals surface area contributed by atoms with Gasteiger partial charge in [-0.15, -0.1) is 0 Å². The second-order valence-corrected chi connectivity index (χ2v) is 11.3. The van der Waals surface area contributed by atoms with Crippen molar-refractivity contribution in [2.24, 2.45) is 0 Å². The highest BCUT2D eigenvalue weighted by molar-refractivity contribution is 6.06. The molecule has 9 nitrogen and oxygen atoms in total. The van der Waals surface area contributed by atoms with E-state index in [1.165, 1.54) is 0 Å². The second kappa shape index (κ2) is 13.5. The van der Waals surface area contributed by atoms with Crippen molar-refractivity contribution in [3.8, 4) is 0 Å². The number of aromatic nitrogens is 3. The zero-order valence-corrected chi connectivity index (χ0v) is 24.6. The zero-order valence-electron chi connectivity index (χ0n) is 24.6. The van der Waals surface area contributed by atoms with E-state index in [1.54, 1.807) is 0 Å². The van der Waals surface area contributed by atoms with E-state index in [0.717, 1.165) is 72.0 Å². The summed E-state index contributed by atoms with van der Waals surface area (Å²) < 4.78 is 7.54. The van der Waals surface area contributed by atoms with Crippen molar-refractivity contribution in [2.75, 3.05) is 18.8 Å². The molecule has 4 N–H and O–H groups in total. The number of nitrogens with zero attached hydrogens (tertiary/aromatic N) is 3. The average Bonchev–Trinajstić information content (AvgIpc) is 3.30. The Morgan fingerprint density at radius 3 is 2.41 bits per heavy atom. The van der Waals surface area contributed by atoms with Crippen LogP contribution in [-0.4, -0.2) is 45.2 Å². The molecule has 0 unspecified atom stereocenters. The van der Waals surface area contributed by atoms with E-state index in [-0.39, 0.29) is 5.91 Å². The standard InChI is InChI=1S/C32H42N6O3/c1-5-6-13-26-37-27-28(24-11-7-8-12-25(24)36-29(27)33)38(26)21-10-9-19-34-30(39)23-16-14-22(15-17-23)18-20-35-31(40)41-32(2,3)4/h7-8,11-12,14-17H,5-6,9-10,13,18-21H2,1-4H3,(H2,33,36)(H,34,39)(H,35,40). The van der Waals surface area contributed by atoms with E-state index >= 15 is 0 Å². The fourth-order valence-corrected chi connectivity index (χ4v) is 4.82. The normalized spacial score (nSPS) is 11.6. The summed E-state index contributed by atoms with van der Waals surface area (Å²) in [5, 5.41) is 6.85. The summed E-state index contributed by atoms with van der Waals surface area (Å²) in [5.74, 6) is 1.41. The van der Waals surface area contributed by atoms with Crippen LogP contribution in [0, 0.1) is 0 Å². The molecule has 0 fully saturated rings. The highest BCUT2D eigenvalue weighted by Gasteiger charge is 2.17. The van der Waals surface area contributed by atoms with Crippen molar-refractivity contribution < 1.29 is 14.3 Å². The molecule has 41 heavy (non-hydrogen) atoms. The third-order valence-corrected chi connectivity index (χ3v) is 6.84. The van der Waals surface area contributed by atoms with Gasteiger partial charge in [0, 0.05) is 37.0 Å². The number of hydrogen-bond acceptors (Lipinski definition) is 6. The minimum Gasteiger partial charge on any atom is -0.444 e. The van der Waals surface area contributed by atoms with Crippen molar-refractivity contribution in [3.63, 3.8) is 0 Å². The number of carbonyl (C=O) groups excluding carboxylic acids is 2. The lowest BCUT2D eigenvalue weighted by Gasteiger charge is -2.19. The number of pyridine rings is 1. The first-order valence-electron chi connectivity index (χ1n) is 14.5. The summed E-state index contributed by atoms with van der Waals surface area (Å²) in [7, 11) is 0. The number of imidazole rings is 1. The fraction of sp³-hybridized carbons (Fsp3) is 0.438. The summed E-state index contributed by atoms with van der Waals surface area (Å²) in [5.41, 5.74) is 10.1. The van der Waals surface area contributed by atoms with Gasteiger partial charge in [0.15, 0.2) is 5.82 Å². The number of alkyl carbamates (subject to hydrolysis) is 1. The maximum atomic E-state index is 12.7. The molecule has 0 aliphatic heterocycles. The maximum Gasteiger partial charge on any atom is 0.407 e. The van der Waals surface area contributed by atoms with Crippen LogP contribution in [0.3, 0.4) is 0 Å². The number of unbranched alkanes of at least 4 members (excludes halogenated alkanes) is 2. The van der Waals surface area contributed by atoms with Crippen LogP contribution in [-0.2, 0) is 24.1 Å². The third-order valence-electron chi connectivity index (χ3n) is 6.84.